The van der Waals surface area contributed by atoms with Gasteiger partial charge in [0.25, 0.3) is 0 Å². The van der Waals surface area contributed by atoms with Crippen molar-refractivity contribution in [1.29, 1.82) is 0 Å². The molecule has 1 fully saturated rings. The fraction of sp³-hybridized carbons (Fsp3) is 0.381. The minimum atomic E-state index is -0.374. The summed E-state index contributed by atoms with van der Waals surface area (Å²) in [6.07, 6.45) is -0.374. The van der Waals surface area contributed by atoms with E-state index in [-0.39, 0.29) is 43.7 Å². The number of carbonyl (C=O) groups is 1. The fourth-order valence-corrected chi connectivity index (χ4v) is 4.19. The molecule has 0 radical (unpaired) electrons. The van der Waals surface area contributed by atoms with Crippen LogP contribution >= 0.6 is 0 Å². The predicted molar refractivity (Wildman–Crippen MR) is 97.8 cm³/mol. The van der Waals surface area contributed by atoms with Crippen molar-refractivity contribution >= 4 is 6.09 Å². The second kappa shape index (κ2) is 7.09. The van der Waals surface area contributed by atoms with E-state index in [0.717, 1.165) is 0 Å². The summed E-state index contributed by atoms with van der Waals surface area (Å²) in [5.41, 5.74) is 4.77. The molecule has 136 valence electrons. The third-order valence-electron chi connectivity index (χ3n) is 5.64. The van der Waals surface area contributed by atoms with E-state index in [1.165, 1.54) is 22.3 Å². The van der Waals surface area contributed by atoms with Gasteiger partial charge >= 0.3 is 6.09 Å². The molecule has 0 unspecified atom stereocenters. The van der Waals surface area contributed by atoms with Gasteiger partial charge in [0.2, 0.25) is 0 Å². The molecule has 0 saturated carbocycles. The third-order valence-corrected chi connectivity index (χ3v) is 5.64. The summed E-state index contributed by atoms with van der Waals surface area (Å²) in [6.45, 7) is 1.09. The Morgan fingerprint density at radius 1 is 0.923 bits per heavy atom. The number of aliphatic hydroxyl groups is 2. The number of amides is 1. The van der Waals surface area contributed by atoms with Crippen LogP contribution < -0.4 is 0 Å². The Hall–Kier alpha value is -2.37. The van der Waals surface area contributed by atoms with E-state index in [1.54, 1.807) is 4.90 Å². The van der Waals surface area contributed by atoms with Gasteiger partial charge in [-0.1, -0.05) is 48.5 Å². The van der Waals surface area contributed by atoms with Crippen LogP contribution in [0.4, 0.5) is 4.79 Å². The highest BCUT2D eigenvalue weighted by molar-refractivity contribution is 5.79. The zero-order chi connectivity index (χ0) is 18.1. The standard InChI is InChI=1S/C21H23NO4/c23-11-14-9-22(10-15(14)12-24)21(25)26-13-20-18-7-3-1-5-16(18)17-6-2-4-8-19(17)20/h1-8,14-15,20,23-24H,9-13H2/t14-,15-/m0/s1. The van der Waals surface area contributed by atoms with E-state index in [4.69, 9.17) is 4.74 Å². The lowest BCUT2D eigenvalue weighted by Gasteiger charge is -2.19. The van der Waals surface area contributed by atoms with Gasteiger partial charge in [0, 0.05) is 44.1 Å². The van der Waals surface area contributed by atoms with Crippen LogP contribution in [-0.4, -0.2) is 54.1 Å². The molecule has 26 heavy (non-hydrogen) atoms. The van der Waals surface area contributed by atoms with Gasteiger partial charge < -0.3 is 19.8 Å². The van der Waals surface area contributed by atoms with Gasteiger partial charge in [0.1, 0.15) is 6.61 Å². The molecule has 5 nitrogen and oxygen atoms in total. The van der Waals surface area contributed by atoms with E-state index in [9.17, 15) is 15.0 Å². The molecule has 1 aliphatic carbocycles. The van der Waals surface area contributed by atoms with Crippen LogP contribution in [0, 0.1) is 11.8 Å². The summed E-state index contributed by atoms with van der Waals surface area (Å²) in [4.78, 5) is 14.1. The van der Waals surface area contributed by atoms with Gasteiger partial charge in [-0.3, -0.25) is 0 Å². The van der Waals surface area contributed by atoms with Crippen LogP contribution in [0.5, 0.6) is 0 Å². The first kappa shape index (κ1) is 17.1. The van der Waals surface area contributed by atoms with E-state index in [2.05, 4.69) is 24.3 Å². The second-order valence-corrected chi connectivity index (χ2v) is 7.09. The smallest absolute Gasteiger partial charge is 0.409 e. The second-order valence-electron chi connectivity index (χ2n) is 7.09. The van der Waals surface area contributed by atoms with Crippen molar-refractivity contribution in [3.05, 3.63) is 59.7 Å². The van der Waals surface area contributed by atoms with E-state index < -0.39 is 0 Å². The van der Waals surface area contributed by atoms with Crippen LogP contribution in [-0.2, 0) is 4.74 Å². The van der Waals surface area contributed by atoms with Crippen LogP contribution in [0.15, 0.2) is 48.5 Å². The van der Waals surface area contributed by atoms with Crippen LogP contribution in [0.3, 0.4) is 0 Å². The number of likely N-dealkylation sites (tertiary alicyclic amines) is 1. The molecule has 2 N–H and O–H groups in total. The SMILES string of the molecule is O=C(OCC1c2ccccc2-c2ccccc21)N1C[C@@H](CO)[C@H](CO)C1. The Labute approximate surface area is 152 Å². The number of carbonyl (C=O) groups excluding carboxylic acids is 1. The van der Waals surface area contributed by atoms with Crippen molar-refractivity contribution in [2.75, 3.05) is 32.9 Å². The first-order valence-electron chi connectivity index (χ1n) is 9.04. The van der Waals surface area contributed by atoms with Crippen molar-refractivity contribution in [1.82, 2.24) is 4.90 Å². The minimum absolute atomic E-state index is 0.0294. The molecule has 1 heterocycles. The van der Waals surface area contributed by atoms with Gasteiger partial charge in [0.05, 0.1) is 0 Å². The molecule has 0 aromatic heterocycles. The molecule has 1 amide bonds. The zero-order valence-electron chi connectivity index (χ0n) is 14.5. The lowest BCUT2D eigenvalue weighted by atomic mass is 9.98. The molecule has 1 saturated heterocycles. The van der Waals surface area contributed by atoms with Crippen molar-refractivity contribution < 1.29 is 19.7 Å². The van der Waals surface area contributed by atoms with Gasteiger partial charge in [-0.05, 0) is 22.3 Å². The summed E-state index contributed by atoms with van der Waals surface area (Å²) in [6, 6.07) is 16.5. The molecule has 4 rings (SSSR count). The molecule has 2 aromatic rings. The highest BCUT2D eigenvalue weighted by Gasteiger charge is 2.36. The summed E-state index contributed by atoms with van der Waals surface area (Å²) < 4.78 is 5.63. The predicted octanol–water partition coefficient (Wildman–Crippen LogP) is 2.47. The Morgan fingerprint density at radius 3 is 1.92 bits per heavy atom. The highest BCUT2D eigenvalue weighted by atomic mass is 16.6. The number of hydrogen-bond donors (Lipinski definition) is 2. The number of ether oxygens (including phenoxy) is 1. The summed E-state index contributed by atoms with van der Waals surface area (Å²) in [5, 5.41) is 18.8. The summed E-state index contributed by atoms with van der Waals surface area (Å²) in [7, 11) is 0. The van der Waals surface area contributed by atoms with E-state index in [1.807, 2.05) is 24.3 Å². The number of benzene rings is 2. The van der Waals surface area contributed by atoms with Gasteiger partial charge in [-0.15, -0.1) is 0 Å². The summed E-state index contributed by atoms with van der Waals surface area (Å²) >= 11 is 0. The zero-order valence-corrected chi connectivity index (χ0v) is 14.5. The maximum absolute atomic E-state index is 12.5. The van der Waals surface area contributed by atoms with Crippen molar-refractivity contribution in [3.63, 3.8) is 0 Å². The van der Waals surface area contributed by atoms with Gasteiger partial charge in [0.15, 0.2) is 0 Å². The average molecular weight is 353 g/mol. The maximum Gasteiger partial charge on any atom is 0.409 e. The Balaban J connectivity index is 1.48. The molecule has 5 heteroatoms. The number of aliphatic hydroxyl groups excluding tert-OH is 2. The first-order chi connectivity index (χ1) is 12.7. The van der Waals surface area contributed by atoms with E-state index >= 15 is 0 Å². The number of hydrogen-bond acceptors (Lipinski definition) is 4. The Morgan fingerprint density at radius 2 is 1.42 bits per heavy atom. The largest absolute Gasteiger partial charge is 0.448 e. The minimum Gasteiger partial charge on any atom is -0.448 e. The van der Waals surface area contributed by atoms with Crippen molar-refractivity contribution in [3.8, 4) is 11.1 Å². The molecular weight excluding hydrogens is 330 g/mol. The number of nitrogens with zero attached hydrogens (tertiary/aromatic N) is 1. The van der Waals surface area contributed by atoms with Crippen LogP contribution in [0.25, 0.3) is 11.1 Å². The lowest BCUT2D eigenvalue weighted by molar-refractivity contribution is 0.104. The van der Waals surface area contributed by atoms with Crippen molar-refractivity contribution in [2.24, 2.45) is 11.8 Å². The molecule has 2 aromatic carbocycles. The topological polar surface area (TPSA) is 70.0 Å². The molecular formula is C21H23NO4. The fourth-order valence-electron chi connectivity index (χ4n) is 4.19. The highest BCUT2D eigenvalue weighted by Crippen LogP contribution is 2.44. The quantitative estimate of drug-likeness (QED) is 0.886. The lowest BCUT2D eigenvalue weighted by Crippen LogP contribution is -2.31. The number of fused-ring (bicyclic) bond motifs is 3. The Bertz CT molecular complexity index is 749. The molecule has 1 aliphatic heterocycles. The monoisotopic (exact) mass is 353 g/mol. The van der Waals surface area contributed by atoms with E-state index in [0.29, 0.717) is 13.1 Å². The first-order valence-corrected chi connectivity index (χ1v) is 9.04. The van der Waals surface area contributed by atoms with Gasteiger partial charge in [-0.2, -0.15) is 0 Å². The van der Waals surface area contributed by atoms with Gasteiger partial charge in [-0.25, -0.2) is 4.79 Å². The number of rotatable bonds is 4. The summed E-state index contributed by atoms with van der Waals surface area (Å²) in [5.74, 6) is -0.128. The van der Waals surface area contributed by atoms with Crippen LogP contribution in [0.1, 0.15) is 17.0 Å². The van der Waals surface area contributed by atoms with Crippen molar-refractivity contribution in [2.45, 2.75) is 5.92 Å². The molecule has 0 bridgehead atoms. The maximum atomic E-state index is 12.5. The molecule has 0 spiro atoms. The third kappa shape index (κ3) is 2.87. The Kier molecular flexibility index (Phi) is 4.66. The average Bonchev–Trinajstić information content (AvgIpc) is 3.25. The normalized spacial score (nSPS) is 21.5. The molecule has 2 atom stereocenters. The van der Waals surface area contributed by atoms with Crippen LogP contribution in [0.2, 0.25) is 0 Å². The molecule has 2 aliphatic rings.